The normalized spacial score (nSPS) is 32.1. The molecule has 0 radical (unpaired) electrons. The van der Waals surface area contributed by atoms with Gasteiger partial charge in [-0.1, -0.05) is 0 Å². The van der Waals surface area contributed by atoms with Crippen molar-refractivity contribution in [2.45, 2.75) is 98.5 Å². The molecule has 4 saturated heterocycles. The quantitative estimate of drug-likeness (QED) is 0.0319. The molecule has 18 atom stereocenters. The standard InChI is InChI=1S/C38H48N15O24P3/c39-19-1-3-50(37(60)48-19)35-26(58)28(17(73-35)8-69-78(62,63)75-14-5-21(71-15(14)6-54)52-12-46-22-30(40)42-10-44-32(22)52)76-80(66,67)70-9-18-29(27(59)36(74-18)53-13-47-23-31(41)43-11-45-33(23)53)77-79(64,65)68-7-16-24(56)25(57)34(72-16)51-4-2-20(55)49-38(51)61/h1-4,10-18,21,24-29,34-36,54,56-59H,5-9H2,(H,62,63)(H,64,65)(H,66,67)(H2,39,48,60)(H2,40,42,44)(H2,41,43,45)(H,49,55,61)/t14-,15+,16+,17+,18+,21+,24+,25+,26+,27+,28+,29+,34+,35+,36+/m0/s1. The lowest BCUT2D eigenvalue weighted by molar-refractivity contribution is -0.0647. The molecule has 80 heavy (non-hydrogen) atoms. The van der Waals surface area contributed by atoms with Crippen molar-refractivity contribution in [2.24, 2.45) is 0 Å². The lowest BCUT2D eigenvalue weighted by Crippen LogP contribution is -2.38. The number of aromatic nitrogens is 12. The van der Waals surface area contributed by atoms with Crippen LogP contribution < -0.4 is 34.1 Å². The summed E-state index contributed by atoms with van der Waals surface area (Å²) in [5, 5.41) is 54.7. The lowest BCUT2D eigenvalue weighted by Gasteiger charge is -2.26. The Hall–Kier alpha value is -5.97. The second-order valence-corrected chi connectivity index (χ2v) is 22.2. The molecule has 39 nitrogen and oxygen atoms in total. The van der Waals surface area contributed by atoms with Crippen LogP contribution in [0.4, 0.5) is 17.5 Å². The van der Waals surface area contributed by atoms with Crippen molar-refractivity contribution in [1.29, 1.82) is 0 Å². The van der Waals surface area contributed by atoms with Gasteiger partial charge in [-0.05, 0) is 6.07 Å². The van der Waals surface area contributed by atoms with E-state index >= 15 is 0 Å². The minimum atomic E-state index is -5.66. The summed E-state index contributed by atoms with van der Waals surface area (Å²) in [5.74, 6) is -0.306. The molecule has 0 bridgehead atoms. The molecule has 0 amide bonds. The molecule has 10 rings (SSSR count). The van der Waals surface area contributed by atoms with E-state index in [2.05, 4.69) is 34.9 Å². The van der Waals surface area contributed by atoms with Gasteiger partial charge in [0.15, 0.2) is 41.6 Å². The number of aromatic amines is 1. The highest BCUT2D eigenvalue weighted by Gasteiger charge is 2.54. The molecule has 4 fully saturated rings. The van der Waals surface area contributed by atoms with E-state index in [0.29, 0.717) is 4.57 Å². The highest BCUT2D eigenvalue weighted by molar-refractivity contribution is 7.48. The topological polar surface area (TPSA) is 560 Å². The third-order valence-electron chi connectivity index (χ3n) is 12.9. The van der Waals surface area contributed by atoms with E-state index in [0.717, 1.165) is 46.3 Å². The highest BCUT2D eigenvalue weighted by Crippen LogP contribution is 2.54. The third-order valence-corrected chi connectivity index (χ3v) is 15.9. The Balaban J connectivity index is 0.848. The van der Waals surface area contributed by atoms with Crippen LogP contribution in [-0.2, 0) is 59.8 Å². The number of nitrogens with one attached hydrogen (secondary N) is 1. The van der Waals surface area contributed by atoms with Crippen LogP contribution in [0.15, 0.2) is 64.2 Å². The number of hydrogen-bond donors (Lipinski definition) is 12. The molecule has 6 aromatic heterocycles. The molecule has 0 spiro atoms. The van der Waals surface area contributed by atoms with Gasteiger partial charge in [-0.25, -0.2) is 53.2 Å². The number of phosphoric acid groups is 3. The lowest BCUT2D eigenvalue weighted by atomic mass is 10.1. The summed E-state index contributed by atoms with van der Waals surface area (Å²) in [6.45, 7) is -4.04. The summed E-state index contributed by atoms with van der Waals surface area (Å²) in [7, 11) is -16.4. The van der Waals surface area contributed by atoms with Crippen molar-refractivity contribution >= 4 is 63.2 Å². The Labute approximate surface area is 443 Å². The molecule has 3 unspecified atom stereocenters. The first-order valence-electron chi connectivity index (χ1n) is 23.4. The number of nitrogens with two attached hydrogens (primary N) is 3. The van der Waals surface area contributed by atoms with Crippen molar-refractivity contribution < 1.29 is 100.0 Å². The molecular formula is C38H48N15O24P3. The Morgan fingerprint density at radius 3 is 1.66 bits per heavy atom. The zero-order valence-electron chi connectivity index (χ0n) is 40.4. The second kappa shape index (κ2) is 22.4. The zero-order valence-corrected chi connectivity index (χ0v) is 43.1. The Morgan fingerprint density at radius 2 is 1.10 bits per heavy atom. The number of aliphatic hydroxyl groups is 5. The van der Waals surface area contributed by atoms with Crippen molar-refractivity contribution in [2.75, 3.05) is 43.6 Å². The summed E-state index contributed by atoms with van der Waals surface area (Å²) in [5.41, 5.74) is 15.0. The van der Waals surface area contributed by atoms with Gasteiger partial charge < -0.3 is 76.4 Å². The Bertz CT molecular complexity index is 3590. The van der Waals surface area contributed by atoms with E-state index in [1.165, 1.54) is 17.2 Å². The number of ether oxygens (including phenoxy) is 4. The molecule has 42 heteroatoms. The highest BCUT2D eigenvalue weighted by atomic mass is 31.2. The van der Waals surface area contributed by atoms with Crippen molar-refractivity contribution in [3.8, 4) is 0 Å². The zero-order chi connectivity index (χ0) is 57.2. The molecule has 0 aliphatic carbocycles. The summed E-state index contributed by atoms with van der Waals surface area (Å²) in [4.78, 5) is 99.9. The number of hydrogen-bond acceptors (Lipinski definition) is 31. The molecule has 15 N–H and O–H groups in total. The van der Waals surface area contributed by atoms with Gasteiger partial charge in [0, 0.05) is 24.9 Å². The number of fused-ring (bicyclic) bond motifs is 2. The fourth-order valence-electron chi connectivity index (χ4n) is 9.13. The Morgan fingerprint density at radius 1 is 0.600 bits per heavy atom. The number of nitrogens with zero attached hydrogens (tertiary/aromatic N) is 11. The number of rotatable bonds is 20. The first-order chi connectivity index (χ1) is 37.9. The fraction of sp³-hybridized carbons (Fsp3) is 0.526. The van der Waals surface area contributed by atoms with Crippen LogP contribution in [-0.4, -0.2) is 192 Å². The average Bonchev–Trinajstić information content (AvgIpc) is 4.31. The first kappa shape index (κ1) is 57.3. The van der Waals surface area contributed by atoms with Crippen molar-refractivity contribution in [3.05, 3.63) is 81.2 Å². The number of H-pyrrole nitrogens is 1. The number of phosphoric ester groups is 3. The Kier molecular flexibility index (Phi) is 16.0. The van der Waals surface area contributed by atoms with Crippen LogP contribution in [0.1, 0.15) is 31.3 Å². The van der Waals surface area contributed by atoms with Crippen LogP contribution in [0.2, 0.25) is 0 Å². The van der Waals surface area contributed by atoms with Crippen LogP contribution in [0, 0.1) is 0 Å². The summed E-state index contributed by atoms with van der Waals surface area (Å²) >= 11 is 0. The van der Waals surface area contributed by atoms with E-state index in [4.69, 9.17) is 63.3 Å². The van der Waals surface area contributed by atoms with Crippen molar-refractivity contribution in [1.82, 2.24) is 58.1 Å². The van der Waals surface area contributed by atoms with Crippen LogP contribution in [0.25, 0.3) is 22.3 Å². The first-order valence-corrected chi connectivity index (χ1v) is 27.8. The van der Waals surface area contributed by atoms with Gasteiger partial charge >= 0.3 is 34.8 Å². The fourth-order valence-corrected chi connectivity index (χ4v) is 12.0. The van der Waals surface area contributed by atoms with E-state index in [1.807, 2.05) is 4.98 Å². The molecule has 434 valence electrons. The van der Waals surface area contributed by atoms with Gasteiger partial charge in [-0.2, -0.15) is 4.98 Å². The minimum Gasteiger partial charge on any atom is -0.394 e. The van der Waals surface area contributed by atoms with E-state index < -0.39 is 159 Å². The van der Waals surface area contributed by atoms with Crippen molar-refractivity contribution in [3.63, 3.8) is 0 Å². The number of nitrogen functional groups attached to an aromatic ring is 3. The number of imidazole rings is 2. The molecule has 0 saturated carbocycles. The smallest absolute Gasteiger partial charge is 0.394 e. The monoisotopic (exact) mass is 1190 g/mol. The third kappa shape index (κ3) is 11.6. The SMILES string of the molecule is Nc1ccn([C@@H]2O[C@H](COP(=O)(O)O[C@H]3C[C@H](n4cnc5c(N)ncnc54)O[C@@H]3CO)[C@@H](OP(=O)(O)OC[C@H]3O[C@@H](n4cnc5c(N)ncnc54)[C@H](O)[C@@H]3OP(=O)(O)OC[C@H]3O[C@@H](n4ccc(=O)[nH]c4=O)[C@H](O)[C@@H]3O)[C@H]2O)c(=O)n1. The maximum Gasteiger partial charge on any atom is 0.472 e. The average molecular weight is 1190 g/mol. The summed E-state index contributed by atoms with van der Waals surface area (Å²) in [6, 6.07) is 2.06. The van der Waals surface area contributed by atoms with E-state index in [9.17, 15) is 68.3 Å². The van der Waals surface area contributed by atoms with Crippen LogP contribution in [0.3, 0.4) is 0 Å². The molecule has 4 aliphatic rings. The maximum atomic E-state index is 14.0. The molecule has 6 aromatic rings. The minimum absolute atomic E-state index is 0.0112. The van der Waals surface area contributed by atoms with E-state index in [1.54, 1.807) is 0 Å². The van der Waals surface area contributed by atoms with Gasteiger partial charge in [0.25, 0.3) is 5.56 Å². The predicted octanol–water partition coefficient (Wildman–Crippen LogP) is -4.86. The number of anilines is 3. The largest absolute Gasteiger partial charge is 0.472 e. The van der Waals surface area contributed by atoms with Crippen LogP contribution >= 0.6 is 23.5 Å². The van der Waals surface area contributed by atoms with Gasteiger partial charge in [-0.3, -0.25) is 55.2 Å². The molecule has 0 aromatic carbocycles. The van der Waals surface area contributed by atoms with E-state index in [-0.39, 0.29) is 46.2 Å². The van der Waals surface area contributed by atoms with Gasteiger partial charge in [0.05, 0.1) is 39.1 Å². The predicted molar refractivity (Wildman–Crippen MR) is 257 cm³/mol. The van der Waals surface area contributed by atoms with Gasteiger partial charge in [0.1, 0.15) is 103 Å². The number of aliphatic hydroxyl groups excluding tert-OH is 5. The summed E-state index contributed by atoms with van der Waals surface area (Å²) in [6.07, 6.45) is -19.7. The molecular weight excluding hydrogens is 1140 g/mol. The van der Waals surface area contributed by atoms with Gasteiger partial charge in [-0.15, -0.1) is 0 Å². The summed E-state index contributed by atoms with van der Waals surface area (Å²) < 4.78 is 100.0. The maximum absolute atomic E-state index is 14.0. The molecule has 4 aliphatic heterocycles. The van der Waals surface area contributed by atoms with Gasteiger partial charge in [0.2, 0.25) is 0 Å². The van der Waals surface area contributed by atoms with Crippen LogP contribution in [0.5, 0.6) is 0 Å². The second-order valence-electron chi connectivity index (χ2n) is 18.0. The molecule has 10 heterocycles.